The minimum absolute atomic E-state index is 0.00742. The second-order valence-electron chi connectivity index (χ2n) is 7.13. The number of aromatic nitrogens is 1. The molecule has 0 spiro atoms. The predicted molar refractivity (Wildman–Crippen MR) is 105 cm³/mol. The van der Waals surface area contributed by atoms with Crippen LogP contribution >= 0.6 is 23.2 Å². The average Bonchev–Trinajstić information content (AvgIpc) is 2.99. The van der Waals surface area contributed by atoms with Gasteiger partial charge in [0.2, 0.25) is 5.89 Å². The van der Waals surface area contributed by atoms with Gasteiger partial charge < -0.3 is 14.1 Å². The van der Waals surface area contributed by atoms with Crippen LogP contribution in [0.4, 0.5) is 0 Å². The van der Waals surface area contributed by atoms with Crippen molar-refractivity contribution in [1.82, 2.24) is 4.98 Å². The molecule has 1 aliphatic carbocycles. The number of carbonyl (C=O) groups is 1. The fourth-order valence-electron chi connectivity index (χ4n) is 3.21. The van der Waals surface area contributed by atoms with E-state index in [-0.39, 0.29) is 12.1 Å². The highest BCUT2D eigenvalue weighted by Gasteiger charge is 2.36. The van der Waals surface area contributed by atoms with Gasteiger partial charge in [-0.25, -0.2) is 9.78 Å². The van der Waals surface area contributed by atoms with E-state index in [1.807, 2.05) is 0 Å². The smallest absolute Gasteiger partial charge is 0.338 e. The van der Waals surface area contributed by atoms with E-state index in [0.717, 1.165) is 12.8 Å². The van der Waals surface area contributed by atoms with E-state index in [4.69, 9.17) is 32.4 Å². The van der Waals surface area contributed by atoms with Crippen LogP contribution in [0.3, 0.4) is 0 Å². The van der Waals surface area contributed by atoms with E-state index in [2.05, 4.69) is 19.1 Å². The Morgan fingerprint density at radius 1 is 1.15 bits per heavy atom. The van der Waals surface area contributed by atoms with Crippen LogP contribution in [0.5, 0.6) is 0 Å². The van der Waals surface area contributed by atoms with Gasteiger partial charge in [-0.3, -0.25) is 0 Å². The lowest BCUT2D eigenvalue weighted by Crippen LogP contribution is -3.11. The molecule has 27 heavy (non-hydrogen) atoms. The van der Waals surface area contributed by atoms with Crippen molar-refractivity contribution in [3.63, 3.8) is 0 Å². The average molecular weight is 406 g/mol. The zero-order valence-corrected chi connectivity index (χ0v) is 16.5. The van der Waals surface area contributed by atoms with Crippen LogP contribution in [-0.2, 0) is 4.74 Å². The number of hydrogen-bond acceptors (Lipinski definition) is 4. The summed E-state index contributed by atoms with van der Waals surface area (Å²) in [5.74, 6) is 0.0635. The molecule has 1 saturated carbocycles. The Hall–Kier alpha value is -2.08. The highest BCUT2D eigenvalue weighted by molar-refractivity contribution is 6.35. The van der Waals surface area contributed by atoms with Gasteiger partial charge in [-0.05, 0) is 36.4 Å². The molecule has 1 N–H and O–H groups in total. The van der Waals surface area contributed by atoms with Gasteiger partial charge in [0.05, 0.1) is 25.7 Å². The summed E-state index contributed by atoms with van der Waals surface area (Å²) in [5, 5.41) is 1.00. The molecule has 1 fully saturated rings. The summed E-state index contributed by atoms with van der Waals surface area (Å²) in [4.78, 5) is 18.2. The summed E-state index contributed by atoms with van der Waals surface area (Å²) >= 11 is 12.1. The van der Waals surface area contributed by atoms with Gasteiger partial charge >= 0.3 is 5.97 Å². The molecule has 0 saturated heterocycles. The lowest BCUT2D eigenvalue weighted by molar-refractivity contribution is -0.893. The summed E-state index contributed by atoms with van der Waals surface area (Å²) in [7, 11) is 4.23. The first-order valence-electron chi connectivity index (χ1n) is 8.77. The number of esters is 1. The zero-order chi connectivity index (χ0) is 19.1. The van der Waals surface area contributed by atoms with Crippen LogP contribution in [0.25, 0.3) is 22.6 Å². The monoisotopic (exact) mass is 405 g/mol. The van der Waals surface area contributed by atoms with Crippen molar-refractivity contribution in [2.75, 3.05) is 14.1 Å². The number of benzene rings is 2. The minimum atomic E-state index is -0.335. The van der Waals surface area contributed by atoms with Gasteiger partial charge in [0, 0.05) is 28.5 Å². The maximum atomic E-state index is 12.4. The van der Waals surface area contributed by atoms with E-state index in [0.29, 0.717) is 44.2 Å². The number of quaternary nitrogens is 1. The van der Waals surface area contributed by atoms with Crippen LogP contribution in [0.1, 0.15) is 23.2 Å². The van der Waals surface area contributed by atoms with Crippen LogP contribution in [0, 0.1) is 0 Å². The van der Waals surface area contributed by atoms with Crippen molar-refractivity contribution in [3.8, 4) is 11.5 Å². The van der Waals surface area contributed by atoms with Crippen molar-refractivity contribution < 1.29 is 18.8 Å². The molecule has 1 heterocycles. The normalized spacial score (nSPS) is 19.3. The minimum Gasteiger partial charge on any atom is -0.458 e. The molecule has 1 aliphatic rings. The largest absolute Gasteiger partial charge is 0.458 e. The lowest BCUT2D eigenvalue weighted by atomic mass is 9.88. The maximum absolute atomic E-state index is 12.4. The van der Waals surface area contributed by atoms with E-state index >= 15 is 0 Å². The number of rotatable bonds is 4. The molecular formula is C20H19Cl2N2O3+. The summed E-state index contributed by atoms with van der Waals surface area (Å²) < 4.78 is 11.4. The Labute approximate surface area is 166 Å². The van der Waals surface area contributed by atoms with Crippen molar-refractivity contribution in [2.45, 2.75) is 25.0 Å². The number of carbonyl (C=O) groups excluding carboxylic acids is 1. The molecular weight excluding hydrogens is 387 g/mol. The van der Waals surface area contributed by atoms with Gasteiger partial charge in [-0.15, -0.1) is 0 Å². The fourth-order valence-corrected chi connectivity index (χ4v) is 3.73. The molecule has 5 nitrogen and oxygen atoms in total. The fraction of sp³-hybridized carbons (Fsp3) is 0.300. The Bertz CT molecular complexity index is 989. The third-order valence-corrected chi connectivity index (χ3v) is 5.36. The first kappa shape index (κ1) is 18.3. The number of oxazole rings is 1. The molecule has 0 bridgehead atoms. The molecule has 1 aromatic heterocycles. The van der Waals surface area contributed by atoms with Gasteiger partial charge in [-0.2, -0.15) is 0 Å². The molecule has 0 atom stereocenters. The zero-order valence-electron chi connectivity index (χ0n) is 15.0. The van der Waals surface area contributed by atoms with E-state index < -0.39 is 0 Å². The molecule has 4 rings (SSSR count). The van der Waals surface area contributed by atoms with Crippen LogP contribution in [0.15, 0.2) is 40.8 Å². The number of ether oxygens (including phenoxy) is 1. The molecule has 7 heteroatoms. The quantitative estimate of drug-likeness (QED) is 0.673. The third kappa shape index (κ3) is 3.81. The lowest BCUT2D eigenvalue weighted by Gasteiger charge is -2.35. The SMILES string of the molecule is C[NH+](C)C1CC(OC(=O)c2ccc3nc(-c4cc(Cl)cc(Cl)c4)oc3c2)C1. The van der Waals surface area contributed by atoms with Crippen LogP contribution in [-0.4, -0.2) is 37.2 Å². The van der Waals surface area contributed by atoms with Gasteiger partial charge in [0.15, 0.2) is 5.58 Å². The highest BCUT2D eigenvalue weighted by atomic mass is 35.5. The summed E-state index contributed by atoms with van der Waals surface area (Å²) in [6.45, 7) is 0. The Morgan fingerprint density at radius 3 is 2.52 bits per heavy atom. The van der Waals surface area contributed by atoms with Crippen molar-refractivity contribution in [2.24, 2.45) is 0 Å². The summed E-state index contributed by atoms with van der Waals surface area (Å²) in [5.41, 5.74) is 2.30. The number of nitrogens with one attached hydrogen (secondary N) is 1. The van der Waals surface area contributed by atoms with Gasteiger partial charge in [-0.1, -0.05) is 23.2 Å². The Balaban J connectivity index is 1.53. The van der Waals surface area contributed by atoms with Gasteiger partial charge in [0.1, 0.15) is 11.6 Å². The van der Waals surface area contributed by atoms with Crippen molar-refractivity contribution >= 4 is 40.3 Å². The molecule has 2 aromatic carbocycles. The standard InChI is InChI=1S/C20H18Cl2N2O3/c1-24(2)15-9-16(10-15)26-20(25)11-3-4-17-18(7-11)27-19(23-17)12-5-13(21)8-14(22)6-12/h3-8,15-16H,9-10H2,1-2H3/p+1. The van der Waals surface area contributed by atoms with Crippen molar-refractivity contribution in [1.29, 1.82) is 0 Å². The van der Waals surface area contributed by atoms with Crippen molar-refractivity contribution in [3.05, 3.63) is 52.0 Å². The van der Waals surface area contributed by atoms with Gasteiger partial charge in [0.25, 0.3) is 0 Å². The number of nitrogens with zero attached hydrogens (tertiary/aromatic N) is 1. The summed E-state index contributed by atoms with van der Waals surface area (Å²) in [6.07, 6.45) is 1.79. The number of halogens is 2. The molecule has 0 aliphatic heterocycles. The number of hydrogen-bond donors (Lipinski definition) is 1. The van der Waals surface area contributed by atoms with E-state index in [1.54, 1.807) is 36.4 Å². The third-order valence-electron chi connectivity index (χ3n) is 4.92. The highest BCUT2D eigenvalue weighted by Crippen LogP contribution is 2.30. The van der Waals surface area contributed by atoms with E-state index in [9.17, 15) is 4.79 Å². The topological polar surface area (TPSA) is 56.8 Å². The van der Waals surface area contributed by atoms with E-state index in [1.165, 1.54) is 4.90 Å². The van der Waals surface area contributed by atoms with Crippen LogP contribution in [0.2, 0.25) is 10.0 Å². The predicted octanol–water partition coefficient (Wildman–Crippen LogP) is 3.63. The number of fused-ring (bicyclic) bond motifs is 1. The second kappa shape index (κ2) is 7.15. The molecule has 3 aromatic rings. The Morgan fingerprint density at radius 2 is 1.85 bits per heavy atom. The Kier molecular flexibility index (Phi) is 4.84. The first-order chi connectivity index (χ1) is 12.9. The molecule has 0 amide bonds. The maximum Gasteiger partial charge on any atom is 0.338 e. The molecule has 0 unspecified atom stereocenters. The molecule has 140 valence electrons. The van der Waals surface area contributed by atoms with Crippen LogP contribution < -0.4 is 4.90 Å². The second-order valence-corrected chi connectivity index (χ2v) is 8.01. The summed E-state index contributed by atoms with van der Waals surface area (Å²) in [6, 6.07) is 10.8. The molecule has 0 radical (unpaired) electrons. The first-order valence-corrected chi connectivity index (χ1v) is 9.53.